The summed E-state index contributed by atoms with van der Waals surface area (Å²) in [5.74, 6) is 0.137. The number of piperazine rings is 1. The van der Waals surface area contributed by atoms with E-state index in [-0.39, 0.29) is 17.4 Å². The summed E-state index contributed by atoms with van der Waals surface area (Å²) in [5, 5.41) is 15.7. The zero-order chi connectivity index (χ0) is 25.1. The minimum Gasteiger partial charge on any atom is -0.451 e. The Balaban J connectivity index is 1.18. The van der Waals surface area contributed by atoms with Gasteiger partial charge in [-0.25, -0.2) is 0 Å². The summed E-state index contributed by atoms with van der Waals surface area (Å²) >= 11 is 1.46. The zero-order valence-electron chi connectivity index (χ0n) is 19.1. The summed E-state index contributed by atoms with van der Waals surface area (Å²) < 4.78 is 5.64. The Bertz CT molecular complexity index is 1390. The predicted octanol–water partition coefficient (Wildman–Crippen LogP) is 5.13. The number of hydrogen-bond donors (Lipinski definition) is 1. The van der Waals surface area contributed by atoms with E-state index in [0.717, 1.165) is 23.7 Å². The van der Waals surface area contributed by atoms with Crippen LogP contribution in [0.4, 0.5) is 17.1 Å². The highest BCUT2D eigenvalue weighted by Crippen LogP contribution is 2.27. The van der Waals surface area contributed by atoms with Crippen LogP contribution < -0.4 is 10.2 Å². The van der Waals surface area contributed by atoms with E-state index in [4.69, 9.17) is 4.42 Å². The second kappa shape index (κ2) is 10.0. The van der Waals surface area contributed by atoms with Gasteiger partial charge in [-0.2, -0.15) is 0 Å². The molecule has 4 aromatic rings. The van der Waals surface area contributed by atoms with E-state index in [1.54, 1.807) is 18.2 Å². The van der Waals surface area contributed by atoms with Gasteiger partial charge in [-0.1, -0.05) is 18.2 Å². The minimum atomic E-state index is -0.478. The normalized spacial score (nSPS) is 13.4. The fourth-order valence-corrected chi connectivity index (χ4v) is 4.75. The van der Waals surface area contributed by atoms with Crippen LogP contribution in [0.15, 0.2) is 82.6 Å². The number of nitro groups is 1. The van der Waals surface area contributed by atoms with Gasteiger partial charge in [0.15, 0.2) is 5.76 Å². The molecule has 1 saturated heterocycles. The molecule has 36 heavy (non-hydrogen) atoms. The lowest BCUT2D eigenvalue weighted by atomic mass is 10.1. The Morgan fingerprint density at radius 2 is 1.72 bits per heavy atom. The maximum absolute atomic E-state index is 12.7. The van der Waals surface area contributed by atoms with Crippen molar-refractivity contribution in [1.82, 2.24) is 4.90 Å². The van der Waals surface area contributed by atoms with E-state index in [1.807, 2.05) is 46.7 Å². The first-order valence-electron chi connectivity index (χ1n) is 11.3. The van der Waals surface area contributed by atoms with Crippen molar-refractivity contribution < 1.29 is 18.9 Å². The molecule has 10 heteroatoms. The third kappa shape index (κ3) is 4.98. The third-order valence-corrected chi connectivity index (χ3v) is 6.82. The van der Waals surface area contributed by atoms with Crippen molar-refractivity contribution in [3.63, 3.8) is 0 Å². The second-order valence-electron chi connectivity index (χ2n) is 8.23. The first-order valence-corrected chi connectivity index (χ1v) is 12.2. The van der Waals surface area contributed by atoms with Gasteiger partial charge in [0.1, 0.15) is 5.76 Å². The van der Waals surface area contributed by atoms with Crippen molar-refractivity contribution in [2.75, 3.05) is 36.4 Å². The molecule has 182 valence electrons. The average Bonchev–Trinajstić information content (AvgIpc) is 3.62. The van der Waals surface area contributed by atoms with Crippen molar-refractivity contribution >= 4 is 40.2 Å². The molecule has 3 heterocycles. The Kier molecular flexibility index (Phi) is 6.50. The molecule has 2 amide bonds. The highest BCUT2D eigenvalue weighted by molar-refractivity contribution is 7.12. The molecular formula is C26H22N4O5S. The van der Waals surface area contributed by atoms with Crippen molar-refractivity contribution in [3.05, 3.63) is 98.9 Å². The molecule has 0 aliphatic carbocycles. The molecule has 0 saturated carbocycles. The summed E-state index contributed by atoms with van der Waals surface area (Å²) in [4.78, 5) is 40.6. The summed E-state index contributed by atoms with van der Waals surface area (Å²) in [6, 6.07) is 20.4. The number of nitrogens with one attached hydrogen (secondary N) is 1. The van der Waals surface area contributed by atoms with E-state index in [0.29, 0.717) is 30.1 Å². The van der Waals surface area contributed by atoms with Crippen LogP contribution in [0.25, 0.3) is 11.3 Å². The number of nitrogens with zero attached hydrogens (tertiary/aromatic N) is 3. The van der Waals surface area contributed by atoms with Crippen LogP contribution in [0.3, 0.4) is 0 Å². The molecule has 0 atom stereocenters. The topological polar surface area (TPSA) is 109 Å². The molecule has 1 aliphatic heterocycles. The summed E-state index contributed by atoms with van der Waals surface area (Å²) in [6.07, 6.45) is 0. The highest BCUT2D eigenvalue weighted by atomic mass is 32.1. The monoisotopic (exact) mass is 502 g/mol. The average molecular weight is 503 g/mol. The summed E-state index contributed by atoms with van der Waals surface area (Å²) in [6.45, 7) is 2.77. The fourth-order valence-electron chi connectivity index (χ4n) is 4.06. The lowest BCUT2D eigenvalue weighted by molar-refractivity contribution is -0.384. The van der Waals surface area contributed by atoms with E-state index >= 15 is 0 Å². The molecule has 0 radical (unpaired) electrons. The molecule has 0 spiro atoms. The Morgan fingerprint density at radius 3 is 2.42 bits per heavy atom. The van der Waals surface area contributed by atoms with Gasteiger partial charge < -0.3 is 19.5 Å². The van der Waals surface area contributed by atoms with Gasteiger partial charge in [-0.05, 0) is 47.8 Å². The number of non-ortho nitro benzene ring substituents is 1. The van der Waals surface area contributed by atoms with Crippen molar-refractivity contribution in [3.8, 4) is 11.3 Å². The van der Waals surface area contributed by atoms with Gasteiger partial charge in [0, 0.05) is 55.2 Å². The van der Waals surface area contributed by atoms with Gasteiger partial charge >= 0.3 is 0 Å². The van der Waals surface area contributed by atoms with Crippen molar-refractivity contribution in [2.45, 2.75) is 0 Å². The Labute approximate surface area is 210 Å². The van der Waals surface area contributed by atoms with Crippen LogP contribution in [-0.2, 0) is 0 Å². The number of carbonyl (C=O) groups excluding carboxylic acids is 2. The van der Waals surface area contributed by atoms with Crippen molar-refractivity contribution in [1.29, 1.82) is 0 Å². The summed E-state index contributed by atoms with van der Waals surface area (Å²) in [5.41, 5.74) is 2.10. The van der Waals surface area contributed by atoms with E-state index in [2.05, 4.69) is 10.2 Å². The van der Waals surface area contributed by atoms with Gasteiger partial charge in [0.05, 0.1) is 9.80 Å². The van der Waals surface area contributed by atoms with Crippen LogP contribution in [0, 0.1) is 10.1 Å². The molecule has 0 unspecified atom stereocenters. The number of hydrogen-bond acceptors (Lipinski definition) is 7. The van der Waals surface area contributed by atoms with Crippen LogP contribution in [0.2, 0.25) is 0 Å². The number of benzene rings is 2. The smallest absolute Gasteiger partial charge is 0.291 e. The van der Waals surface area contributed by atoms with Crippen LogP contribution in [0.1, 0.15) is 20.2 Å². The van der Waals surface area contributed by atoms with Gasteiger partial charge in [-0.15, -0.1) is 11.3 Å². The molecule has 1 fully saturated rings. The third-order valence-electron chi connectivity index (χ3n) is 5.96. The Morgan fingerprint density at radius 1 is 0.944 bits per heavy atom. The molecule has 2 aromatic heterocycles. The standard InChI is InChI=1S/C26H22N4O5S/c31-25(23-11-10-22(35-23)18-3-1-4-21(17-18)30(33)34)27-19-6-8-20(9-7-19)28-12-14-29(15-13-28)26(32)24-5-2-16-36-24/h1-11,16-17H,12-15H2,(H,27,31). The van der Waals surface area contributed by atoms with Crippen LogP contribution in [-0.4, -0.2) is 47.8 Å². The lowest BCUT2D eigenvalue weighted by Gasteiger charge is -2.36. The van der Waals surface area contributed by atoms with Crippen LogP contribution >= 0.6 is 11.3 Å². The van der Waals surface area contributed by atoms with E-state index in [9.17, 15) is 19.7 Å². The maximum atomic E-state index is 12.7. The lowest BCUT2D eigenvalue weighted by Crippen LogP contribution is -2.48. The quantitative estimate of drug-likeness (QED) is 0.289. The molecular weight excluding hydrogens is 480 g/mol. The number of amides is 2. The van der Waals surface area contributed by atoms with Crippen LogP contribution in [0.5, 0.6) is 0 Å². The predicted molar refractivity (Wildman–Crippen MR) is 138 cm³/mol. The first kappa shape index (κ1) is 23.3. The Hall–Kier alpha value is -4.44. The van der Waals surface area contributed by atoms with E-state index < -0.39 is 10.8 Å². The first-order chi connectivity index (χ1) is 17.5. The largest absolute Gasteiger partial charge is 0.451 e. The zero-order valence-corrected chi connectivity index (χ0v) is 19.9. The minimum absolute atomic E-state index is 0.0505. The molecule has 1 N–H and O–H groups in total. The maximum Gasteiger partial charge on any atom is 0.291 e. The van der Waals surface area contributed by atoms with E-state index in [1.165, 1.54) is 29.5 Å². The van der Waals surface area contributed by atoms with Gasteiger partial charge in [0.25, 0.3) is 17.5 Å². The number of thiophene rings is 1. The number of rotatable bonds is 6. The highest BCUT2D eigenvalue weighted by Gasteiger charge is 2.23. The molecule has 9 nitrogen and oxygen atoms in total. The fraction of sp³-hybridized carbons (Fsp3) is 0.154. The van der Waals surface area contributed by atoms with Gasteiger partial charge in [-0.3, -0.25) is 19.7 Å². The van der Waals surface area contributed by atoms with Crippen molar-refractivity contribution in [2.24, 2.45) is 0 Å². The molecule has 5 rings (SSSR count). The number of carbonyl (C=O) groups is 2. The van der Waals surface area contributed by atoms with Gasteiger partial charge in [0.2, 0.25) is 0 Å². The molecule has 0 bridgehead atoms. The SMILES string of the molecule is O=C(Nc1ccc(N2CCN(C(=O)c3cccs3)CC2)cc1)c1ccc(-c2cccc([N+](=O)[O-])c2)o1. The number of furan rings is 1. The second-order valence-corrected chi connectivity index (χ2v) is 9.18. The number of anilines is 2. The molecule has 1 aliphatic rings. The number of nitro benzene ring substituents is 1. The summed E-state index contributed by atoms with van der Waals surface area (Å²) in [7, 11) is 0. The molecule has 2 aromatic carbocycles.